The summed E-state index contributed by atoms with van der Waals surface area (Å²) in [4.78, 5) is 31.8. The van der Waals surface area contributed by atoms with E-state index in [1.807, 2.05) is 48.2 Å². The zero-order valence-corrected chi connectivity index (χ0v) is 21.9. The SMILES string of the molecule is CCCN1C(=O)c2ccccc2C(C(=O)NC2CCN(C)CC2)C1c1cc(OC)c(OC)c(OC)c1. The quantitative estimate of drug-likeness (QED) is 0.603. The first-order valence-electron chi connectivity index (χ1n) is 12.6. The number of benzene rings is 2. The summed E-state index contributed by atoms with van der Waals surface area (Å²) < 4.78 is 16.8. The lowest BCUT2D eigenvalue weighted by Gasteiger charge is -2.42. The van der Waals surface area contributed by atoms with Gasteiger partial charge in [-0.3, -0.25) is 9.59 Å². The third-order valence-electron chi connectivity index (χ3n) is 7.28. The van der Waals surface area contributed by atoms with Gasteiger partial charge in [0.25, 0.3) is 5.91 Å². The van der Waals surface area contributed by atoms with E-state index in [1.54, 1.807) is 21.3 Å². The molecule has 2 heterocycles. The number of hydrogen-bond acceptors (Lipinski definition) is 6. The predicted octanol–water partition coefficient (Wildman–Crippen LogP) is 3.61. The number of fused-ring (bicyclic) bond motifs is 1. The summed E-state index contributed by atoms with van der Waals surface area (Å²) in [7, 11) is 6.79. The Morgan fingerprint density at radius 1 is 1.03 bits per heavy atom. The molecule has 2 aliphatic rings. The van der Waals surface area contributed by atoms with Crippen molar-refractivity contribution < 1.29 is 23.8 Å². The molecule has 1 N–H and O–H groups in total. The van der Waals surface area contributed by atoms with E-state index in [-0.39, 0.29) is 17.9 Å². The molecule has 194 valence electrons. The molecule has 1 fully saturated rings. The van der Waals surface area contributed by atoms with Crippen molar-refractivity contribution in [2.45, 2.75) is 44.2 Å². The lowest BCUT2D eigenvalue weighted by Crippen LogP contribution is -2.50. The van der Waals surface area contributed by atoms with Gasteiger partial charge in [-0.25, -0.2) is 0 Å². The number of carbonyl (C=O) groups is 2. The number of ether oxygens (including phenoxy) is 3. The average molecular weight is 496 g/mol. The molecule has 2 aliphatic heterocycles. The van der Waals surface area contributed by atoms with Gasteiger partial charge >= 0.3 is 0 Å². The Bertz CT molecular complexity index is 1070. The van der Waals surface area contributed by atoms with E-state index in [1.165, 1.54) is 0 Å². The van der Waals surface area contributed by atoms with E-state index in [9.17, 15) is 9.59 Å². The fourth-order valence-corrected chi connectivity index (χ4v) is 5.45. The molecule has 0 bridgehead atoms. The first-order chi connectivity index (χ1) is 17.4. The van der Waals surface area contributed by atoms with Crippen LogP contribution in [0.2, 0.25) is 0 Å². The Balaban J connectivity index is 1.84. The van der Waals surface area contributed by atoms with Gasteiger partial charge in [0.1, 0.15) is 0 Å². The topological polar surface area (TPSA) is 80.3 Å². The van der Waals surface area contributed by atoms with E-state index in [0.717, 1.165) is 43.5 Å². The second-order valence-corrected chi connectivity index (χ2v) is 9.55. The number of nitrogens with one attached hydrogen (secondary N) is 1. The van der Waals surface area contributed by atoms with Crippen LogP contribution in [-0.2, 0) is 4.79 Å². The number of likely N-dealkylation sites (tertiary alicyclic amines) is 1. The van der Waals surface area contributed by atoms with Crippen LogP contribution in [0.4, 0.5) is 0 Å². The minimum atomic E-state index is -0.576. The van der Waals surface area contributed by atoms with E-state index < -0.39 is 12.0 Å². The molecule has 2 amide bonds. The van der Waals surface area contributed by atoms with Gasteiger partial charge in [0, 0.05) is 18.2 Å². The van der Waals surface area contributed by atoms with Crippen LogP contribution in [0.1, 0.15) is 59.6 Å². The number of rotatable bonds is 8. The van der Waals surface area contributed by atoms with Crippen LogP contribution >= 0.6 is 0 Å². The van der Waals surface area contributed by atoms with Gasteiger partial charge in [-0.15, -0.1) is 0 Å². The Labute approximate surface area is 213 Å². The highest BCUT2D eigenvalue weighted by molar-refractivity contribution is 6.01. The van der Waals surface area contributed by atoms with E-state index in [0.29, 0.717) is 29.4 Å². The molecule has 2 unspecified atom stereocenters. The summed E-state index contributed by atoms with van der Waals surface area (Å²) in [6.07, 6.45) is 2.57. The summed E-state index contributed by atoms with van der Waals surface area (Å²) in [6, 6.07) is 10.8. The number of methoxy groups -OCH3 is 3. The number of hydrogen-bond donors (Lipinski definition) is 1. The molecular formula is C28H37N3O5. The number of amides is 2. The van der Waals surface area contributed by atoms with Crippen molar-refractivity contribution in [1.29, 1.82) is 0 Å². The van der Waals surface area contributed by atoms with E-state index in [2.05, 4.69) is 17.3 Å². The molecule has 36 heavy (non-hydrogen) atoms. The number of piperidine rings is 1. The largest absolute Gasteiger partial charge is 0.493 e. The van der Waals surface area contributed by atoms with Gasteiger partial charge in [-0.1, -0.05) is 25.1 Å². The van der Waals surface area contributed by atoms with Crippen LogP contribution in [0.15, 0.2) is 36.4 Å². The zero-order chi connectivity index (χ0) is 25.8. The molecule has 0 saturated carbocycles. The first kappa shape index (κ1) is 25.8. The third kappa shape index (κ3) is 4.87. The molecule has 0 spiro atoms. The highest BCUT2D eigenvalue weighted by Crippen LogP contribution is 2.47. The molecule has 8 nitrogen and oxygen atoms in total. The van der Waals surface area contributed by atoms with Gasteiger partial charge in [0.15, 0.2) is 11.5 Å². The van der Waals surface area contributed by atoms with Crippen molar-refractivity contribution >= 4 is 11.8 Å². The normalized spacial score (nSPS) is 20.6. The maximum absolute atomic E-state index is 14.0. The maximum Gasteiger partial charge on any atom is 0.254 e. The molecule has 2 aromatic rings. The molecule has 2 atom stereocenters. The molecule has 0 radical (unpaired) electrons. The Morgan fingerprint density at radius 3 is 2.25 bits per heavy atom. The van der Waals surface area contributed by atoms with Crippen molar-refractivity contribution in [2.75, 3.05) is 48.0 Å². The van der Waals surface area contributed by atoms with Crippen molar-refractivity contribution in [3.63, 3.8) is 0 Å². The summed E-state index contributed by atoms with van der Waals surface area (Å²) >= 11 is 0. The Hall–Kier alpha value is -3.26. The number of carbonyl (C=O) groups excluding carboxylic acids is 2. The van der Waals surface area contributed by atoms with Crippen molar-refractivity contribution in [2.24, 2.45) is 0 Å². The van der Waals surface area contributed by atoms with Gasteiger partial charge in [0.05, 0.1) is 33.3 Å². The van der Waals surface area contributed by atoms with Crippen LogP contribution in [0.3, 0.4) is 0 Å². The van der Waals surface area contributed by atoms with E-state index >= 15 is 0 Å². The highest BCUT2D eigenvalue weighted by atomic mass is 16.5. The van der Waals surface area contributed by atoms with Gasteiger partial charge < -0.3 is 29.3 Å². The molecular weight excluding hydrogens is 458 g/mol. The van der Waals surface area contributed by atoms with Crippen LogP contribution < -0.4 is 19.5 Å². The summed E-state index contributed by atoms with van der Waals surface area (Å²) in [5, 5.41) is 3.32. The maximum atomic E-state index is 14.0. The molecule has 0 aliphatic carbocycles. The fraction of sp³-hybridized carbons (Fsp3) is 0.500. The molecule has 4 rings (SSSR count). The van der Waals surface area contributed by atoms with Crippen LogP contribution in [0, 0.1) is 0 Å². The zero-order valence-electron chi connectivity index (χ0n) is 21.9. The van der Waals surface area contributed by atoms with Crippen LogP contribution in [0.5, 0.6) is 17.2 Å². The Morgan fingerprint density at radius 2 is 1.67 bits per heavy atom. The Kier molecular flexibility index (Phi) is 8.04. The highest BCUT2D eigenvalue weighted by Gasteiger charge is 2.44. The molecule has 1 saturated heterocycles. The average Bonchev–Trinajstić information content (AvgIpc) is 2.90. The lowest BCUT2D eigenvalue weighted by molar-refractivity contribution is -0.125. The fourth-order valence-electron chi connectivity index (χ4n) is 5.45. The summed E-state index contributed by atoms with van der Waals surface area (Å²) in [6.45, 7) is 4.45. The second-order valence-electron chi connectivity index (χ2n) is 9.55. The van der Waals surface area contributed by atoms with Gasteiger partial charge in [-0.05, 0) is 68.7 Å². The van der Waals surface area contributed by atoms with Crippen molar-refractivity contribution in [3.8, 4) is 17.2 Å². The van der Waals surface area contributed by atoms with Crippen molar-refractivity contribution in [1.82, 2.24) is 15.1 Å². The van der Waals surface area contributed by atoms with Crippen molar-refractivity contribution in [3.05, 3.63) is 53.1 Å². The molecule has 0 aromatic heterocycles. The van der Waals surface area contributed by atoms with Gasteiger partial charge in [0.2, 0.25) is 11.7 Å². The minimum Gasteiger partial charge on any atom is -0.493 e. The summed E-state index contributed by atoms with van der Waals surface area (Å²) in [5.74, 6) is 0.737. The molecule has 8 heteroatoms. The van der Waals surface area contributed by atoms with Crippen LogP contribution in [-0.4, -0.2) is 75.7 Å². The lowest BCUT2D eigenvalue weighted by atomic mass is 9.78. The van der Waals surface area contributed by atoms with Crippen LogP contribution in [0.25, 0.3) is 0 Å². The summed E-state index contributed by atoms with van der Waals surface area (Å²) in [5.41, 5.74) is 2.10. The minimum absolute atomic E-state index is 0.0654. The smallest absolute Gasteiger partial charge is 0.254 e. The monoisotopic (exact) mass is 495 g/mol. The number of nitrogens with zero attached hydrogens (tertiary/aromatic N) is 2. The first-order valence-corrected chi connectivity index (χ1v) is 12.6. The predicted molar refractivity (Wildman–Crippen MR) is 138 cm³/mol. The third-order valence-corrected chi connectivity index (χ3v) is 7.28. The standard InChI is InChI=1S/C28H37N3O5/c1-6-13-31-25(18-16-22(34-3)26(36-5)23(17-18)35-4)24(20-9-7-8-10-21(20)28(31)33)27(32)29-19-11-14-30(2)15-12-19/h7-10,16-17,19,24-25H,6,11-15H2,1-5H3,(H,29,32). The molecule has 2 aromatic carbocycles. The second kappa shape index (κ2) is 11.2. The van der Waals surface area contributed by atoms with E-state index in [4.69, 9.17) is 14.2 Å². The van der Waals surface area contributed by atoms with Gasteiger partial charge in [-0.2, -0.15) is 0 Å².